The molecule has 2 rings (SSSR count). The van der Waals surface area contributed by atoms with Crippen LogP contribution in [-0.4, -0.2) is 56.8 Å². The number of nitrogens with zero attached hydrogens (tertiary/aromatic N) is 2. The first-order chi connectivity index (χ1) is 12.0. The van der Waals surface area contributed by atoms with Crippen molar-refractivity contribution in [3.63, 3.8) is 0 Å². The van der Waals surface area contributed by atoms with Gasteiger partial charge in [0.2, 0.25) is 6.41 Å². The first kappa shape index (κ1) is 19.3. The van der Waals surface area contributed by atoms with Gasteiger partial charge in [0.15, 0.2) is 0 Å². The Morgan fingerprint density at radius 1 is 1.36 bits per heavy atom. The van der Waals surface area contributed by atoms with Gasteiger partial charge in [0.05, 0.1) is 31.0 Å². The highest BCUT2D eigenvalue weighted by atomic mass is 16.5. The summed E-state index contributed by atoms with van der Waals surface area (Å²) in [4.78, 5) is 15.0. The maximum absolute atomic E-state index is 11.2. The van der Waals surface area contributed by atoms with Crippen LogP contribution in [0.25, 0.3) is 0 Å². The Labute approximate surface area is 150 Å². The molecule has 1 aliphatic heterocycles. The zero-order chi connectivity index (χ0) is 18.3. The topological polar surface area (TPSA) is 42.0 Å². The third kappa shape index (κ3) is 5.22. The van der Waals surface area contributed by atoms with Crippen molar-refractivity contribution in [3.05, 3.63) is 23.8 Å². The molecule has 25 heavy (non-hydrogen) atoms. The molecule has 0 spiro atoms. The second-order valence-corrected chi connectivity index (χ2v) is 6.66. The molecule has 1 aliphatic rings. The molecule has 1 amide bonds. The highest BCUT2D eigenvalue weighted by Gasteiger charge is 2.26. The third-order valence-corrected chi connectivity index (χ3v) is 4.27. The highest BCUT2D eigenvalue weighted by molar-refractivity contribution is 5.79. The average molecular weight is 344 g/mol. The van der Waals surface area contributed by atoms with Gasteiger partial charge in [-0.25, -0.2) is 0 Å². The van der Waals surface area contributed by atoms with E-state index >= 15 is 0 Å². The van der Waals surface area contributed by atoms with Crippen molar-refractivity contribution >= 4 is 12.1 Å². The fourth-order valence-corrected chi connectivity index (χ4v) is 2.69. The van der Waals surface area contributed by atoms with Crippen LogP contribution < -0.4 is 9.64 Å². The minimum atomic E-state index is -0.224. The second kappa shape index (κ2) is 8.89. The van der Waals surface area contributed by atoms with Crippen molar-refractivity contribution in [2.45, 2.75) is 32.7 Å². The number of anilines is 1. The van der Waals surface area contributed by atoms with Gasteiger partial charge in [0, 0.05) is 25.7 Å². The predicted octanol–water partition coefficient (Wildman–Crippen LogP) is 2.53. The fourth-order valence-electron chi connectivity index (χ4n) is 2.69. The highest BCUT2D eigenvalue weighted by Crippen LogP contribution is 2.28. The molecule has 1 saturated heterocycles. The van der Waals surface area contributed by atoms with Crippen LogP contribution in [0, 0.1) is 11.8 Å². The summed E-state index contributed by atoms with van der Waals surface area (Å²) < 4.78 is 11.1. The molecule has 0 N–H and O–H groups in total. The van der Waals surface area contributed by atoms with E-state index in [1.54, 1.807) is 7.05 Å². The lowest BCUT2D eigenvalue weighted by Gasteiger charge is -2.37. The van der Waals surface area contributed by atoms with Crippen LogP contribution in [0.1, 0.15) is 32.8 Å². The Balaban J connectivity index is 2.23. The molecule has 1 heterocycles. The number of ether oxygens (including phenoxy) is 2. The summed E-state index contributed by atoms with van der Waals surface area (Å²) >= 11 is 0. The van der Waals surface area contributed by atoms with Crippen molar-refractivity contribution in [1.82, 2.24) is 4.90 Å². The van der Waals surface area contributed by atoms with Gasteiger partial charge in [-0.2, -0.15) is 0 Å². The lowest BCUT2D eigenvalue weighted by molar-refractivity contribution is -0.107. The van der Waals surface area contributed by atoms with Gasteiger partial charge < -0.3 is 14.4 Å². The summed E-state index contributed by atoms with van der Waals surface area (Å²) in [6.45, 7) is 10.2. The molecule has 1 fully saturated rings. The Kier molecular flexibility index (Phi) is 6.86. The van der Waals surface area contributed by atoms with E-state index in [-0.39, 0.29) is 5.54 Å². The van der Waals surface area contributed by atoms with Gasteiger partial charge in [0.25, 0.3) is 0 Å². The van der Waals surface area contributed by atoms with E-state index in [4.69, 9.17) is 9.47 Å². The van der Waals surface area contributed by atoms with Crippen LogP contribution in [0.2, 0.25) is 0 Å². The summed E-state index contributed by atoms with van der Waals surface area (Å²) in [6, 6.07) is 5.73. The van der Waals surface area contributed by atoms with Gasteiger partial charge >= 0.3 is 0 Å². The monoisotopic (exact) mass is 344 g/mol. The van der Waals surface area contributed by atoms with E-state index in [2.05, 4.69) is 37.5 Å². The Morgan fingerprint density at radius 2 is 2.08 bits per heavy atom. The maximum atomic E-state index is 11.2. The smallest absolute Gasteiger partial charge is 0.213 e. The summed E-state index contributed by atoms with van der Waals surface area (Å²) in [7, 11) is 1.72. The quantitative estimate of drug-likeness (QED) is 0.587. The van der Waals surface area contributed by atoms with Gasteiger partial charge in [-0.05, 0) is 38.5 Å². The zero-order valence-corrected chi connectivity index (χ0v) is 15.7. The van der Waals surface area contributed by atoms with Crippen LogP contribution in [0.3, 0.4) is 0 Å². The SMILES string of the molecule is CCCOc1ccc(C#CC(C)(C)N2CCOCC2)cc1N(C)C=O. The van der Waals surface area contributed by atoms with Gasteiger partial charge in [-0.1, -0.05) is 18.8 Å². The summed E-state index contributed by atoms with van der Waals surface area (Å²) in [5.41, 5.74) is 1.38. The van der Waals surface area contributed by atoms with Crippen LogP contribution in [0.5, 0.6) is 5.75 Å². The number of amides is 1. The van der Waals surface area contributed by atoms with Crippen LogP contribution in [-0.2, 0) is 9.53 Å². The molecule has 0 unspecified atom stereocenters. The Bertz CT molecular complexity index is 640. The number of carbonyl (C=O) groups excluding carboxylic acids is 1. The number of hydrogen-bond donors (Lipinski definition) is 0. The number of rotatable bonds is 6. The van der Waals surface area contributed by atoms with Crippen molar-refractivity contribution in [2.75, 3.05) is 44.9 Å². The standard InChI is InChI=1S/C20H28N2O3/c1-5-12-25-19-7-6-17(15-18(19)21(4)16-23)8-9-20(2,3)22-10-13-24-14-11-22/h6-7,15-16H,5,10-14H2,1-4H3. The van der Waals surface area contributed by atoms with Crippen molar-refractivity contribution in [2.24, 2.45) is 0 Å². The van der Waals surface area contributed by atoms with Crippen LogP contribution >= 0.6 is 0 Å². The van der Waals surface area contributed by atoms with E-state index in [0.29, 0.717) is 12.4 Å². The molecule has 0 saturated carbocycles. The van der Waals surface area contributed by atoms with E-state index in [0.717, 1.165) is 50.4 Å². The molecule has 5 heteroatoms. The summed E-state index contributed by atoms with van der Waals surface area (Å²) in [5.74, 6) is 7.32. The van der Waals surface area contributed by atoms with Crippen molar-refractivity contribution in [3.8, 4) is 17.6 Å². The molecule has 5 nitrogen and oxygen atoms in total. The molecule has 0 aromatic heterocycles. The Morgan fingerprint density at radius 3 is 2.72 bits per heavy atom. The molecule has 1 aromatic carbocycles. The molecule has 0 radical (unpaired) electrons. The first-order valence-electron chi connectivity index (χ1n) is 8.79. The maximum Gasteiger partial charge on any atom is 0.213 e. The van der Waals surface area contributed by atoms with E-state index in [9.17, 15) is 4.79 Å². The predicted molar refractivity (Wildman–Crippen MR) is 100 cm³/mol. The van der Waals surface area contributed by atoms with E-state index < -0.39 is 0 Å². The Hall–Kier alpha value is -2.03. The first-order valence-corrected chi connectivity index (χ1v) is 8.79. The minimum absolute atomic E-state index is 0.224. The van der Waals surface area contributed by atoms with Crippen LogP contribution in [0.15, 0.2) is 18.2 Å². The van der Waals surface area contributed by atoms with Gasteiger partial charge in [-0.15, -0.1) is 0 Å². The van der Waals surface area contributed by atoms with E-state index in [1.165, 1.54) is 4.90 Å². The van der Waals surface area contributed by atoms with Crippen molar-refractivity contribution < 1.29 is 14.3 Å². The summed E-state index contributed by atoms with van der Waals surface area (Å²) in [6.07, 6.45) is 1.70. The van der Waals surface area contributed by atoms with Gasteiger partial charge in [-0.3, -0.25) is 9.69 Å². The molecule has 0 atom stereocenters. The molecular weight excluding hydrogens is 316 g/mol. The number of morpholine rings is 1. The van der Waals surface area contributed by atoms with Crippen LogP contribution in [0.4, 0.5) is 5.69 Å². The fraction of sp³-hybridized carbons (Fsp3) is 0.550. The molecule has 1 aromatic rings. The number of benzene rings is 1. The molecule has 136 valence electrons. The largest absolute Gasteiger partial charge is 0.491 e. The third-order valence-electron chi connectivity index (χ3n) is 4.27. The average Bonchev–Trinajstić information content (AvgIpc) is 2.65. The summed E-state index contributed by atoms with van der Waals surface area (Å²) in [5, 5.41) is 0. The van der Waals surface area contributed by atoms with Crippen molar-refractivity contribution in [1.29, 1.82) is 0 Å². The molecular formula is C20H28N2O3. The zero-order valence-electron chi connectivity index (χ0n) is 15.7. The molecule has 0 bridgehead atoms. The lowest BCUT2D eigenvalue weighted by Crippen LogP contribution is -2.49. The van der Waals surface area contributed by atoms with E-state index in [1.807, 2.05) is 18.2 Å². The minimum Gasteiger partial charge on any atom is -0.491 e. The van der Waals surface area contributed by atoms with Gasteiger partial charge in [0.1, 0.15) is 5.75 Å². The lowest BCUT2D eigenvalue weighted by atomic mass is 10.0. The number of carbonyl (C=O) groups is 1. The second-order valence-electron chi connectivity index (χ2n) is 6.66. The molecule has 0 aliphatic carbocycles. The normalized spacial score (nSPS) is 15.2. The number of hydrogen-bond acceptors (Lipinski definition) is 4.